The molecule has 0 spiro atoms. The number of benzene rings is 3. The number of nitrogens with zero attached hydrogens (tertiary/aromatic N) is 3. The van der Waals surface area contributed by atoms with Gasteiger partial charge in [0, 0.05) is 25.2 Å². The van der Waals surface area contributed by atoms with Crippen LogP contribution in [-0.4, -0.2) is 56.3 Å². The van der Waals surface area contributed by atoms with Crippen LogP contribution < -0.4 is 14.4 Å². The second-order valence-electron chi connectivity index (χ2n) is 9.79. The summed E-state index contributed by atoms with van der Waals surface area (Å²) in [7, 11) is -2.76. The Morgan fingerprint density at radius 3 is 2.22 bits per heavy atom. The Kier molecular flexibility index (Phi) is 10.4. The van der Waals surface area contributed by atoms with E-state index < -0.39 is 33.4 Å². The number of rotatable bonds is 13. The van der Waals surface area contributed by atoms with E-state index in [9.17, 15) is 28.1 Å². The lowest BCUT2D eigenvalue weighted by atomic mass is 10.1. The number of sulfonamides is 1. The average Bonchev–Trinajstić information content (AvgIpc) is 2.97. The molecule has 1 N–H and O–H groups in total. The maximum Gasteiger partial charge on any atom is 0.269 e. The lowest BCUT2D eigenvalue weighted by molar-refractivity contribution is -0.384. The van der Waals surface area contributed by atoms with Gasteiger partial charge < -0.3 is 15.0 Å². The van der Waals surface area contributed by atoms with Crippen molar-refractivity contribution in [2.24, 2.45) is 5.92 Å². The average molecular weight is 583 g/mol. The van der Waals surface area contributed by atoms with Crippen LogP contribution in [0.3, 0.4) is 0 Å². The van der Waals surface area contributed by atoms with E-state index in [0.29, 0.717) is 17.9 Å². The zero-order valence-corrected chi connectivity index (χ0v) is 24.2. The number of hydrogen-bond donors (Lipinski definition) is 1. The maximum absolute atomic E-state index is 13.9. The Morgan fingerprint density at radius 1 is 0.976 bits per heavy atom. The van der Waals surface area contributed by atoms with Crippen molar-refractivity contribution in [3.8, 4) is 5.75 Å². The lowest BCUT2D eigenvalue weighted by Crippen LogP contribution is -2.51. The minimum atomic E-state index is -4.27. The van der Waals surface area contributed by atoms with Crippen molar-refractivity contribution >= 4 is 33.2 Å². The summed E-state index contributed by atoms with van der Waals surface area (Å²) in [4.78, 5) is 38.8. The molecule has 0 saturated carbocycles. The van der Waals surface area contributed by atoms with Crippen LogP contribution >= 0.6 is 0 Å². The summed E-state index contributed by atoms with van der Waals surface area (Å²) in [5, 5.41) is 14.0. The number of methoxy groups -OCH3 is 1. The number of amides is 2. The highest BCUT2D eigenvalue weighted by molar-refractivity contribution is 7.92. The normalized spacial score (nSPS) is 11.9. The number of carbonyl (C=O) groups excluding carboxylic acids is 2. The minimum absolute atomic E-state index is 0.00574. The highest BCUT2D eigenvalue weighted by Crippen LogP contribution is 2.26. The molecule has 3 aromatic carbocycles. The molecule has 1 atom stereocenters. The number of carbonyl (C=O) groups is 2. The molecule has 0 heterocycles. The molecule has 3 rings (SSSR count). The molecule has 0 aliphatic carbocycles. The Morgan fingerprint density at radius 2 is 1.63 bits per heavy atom. The van der Waals surface area contributed by atoms with E-state index in [1.54, 1.807) is 49.4 Å². The van der Waals surface area contributed by atoms with Gasteiger partial charge in [-0.1, -0.05) is 44.2 Å². The standard InChI is InChI=1S/C29H34N4O7S/c1-21(2)18-30-29(35)22(3)31(19-23-9-8-10-26(17-23)40-4)28(34)20-32(24-13-15-25(16-14-24)33(36)37)41(38,39)27-11-6-5-7-12-27/h5-17,21-22H,18-20H2,1-4H3,(H,30,35). The molecule has 2 amide bonds. The molecule has 3 aromatic rings. The fourth-order valence-corrected chi connectivity index (χ4v) is 5.43. The van der Waals surface area contributed by atoms with E-state index in [-0.39, 0.29) is 34.6 Å². The summed E-state index contributed by atoms with van der Waals surface area (Å²) in [6, 6.07) is 18.5. The van der Waals surface area contributed by atoms with Gasteiger partial charge in [0.1, 0.15) is 18.3 Å². The van der Waals surface area contributed by atoms with Crippen LogP contribution in [0.4, 0.5) is 11.4 Å². The van der Waals surface area contributed by atoms with E-state index in [0.717, 1.165) is 4.31 Å². The van der Waals surface area contributed by atoms with Crippen LogP contribution in [0.15, 0.2) is 83.8 Å². The van der Waals surface area contributed by atoms with Gasteiger partial charge in [-0.05, 0) is 54.8 Å². The van der Waals surface area contributed by atoms with E-state index in [2.05, 4.69) is 5.32 Å². The first-order valence-corrected chi connectivity index (χ1v) is 14.4. The Hall–Kier alpha value is -4.45. The molecular formula is C29H34N4O7S. The van der Waals surface area contributed by atoms with Crippen molar-refractivity contribution in [2.75, 3.05) is 24.5 Å². The maximum atomic E-state index is 13.9. The lowest BCUT2D eigenvalue weighted by Gasteiger charge is -2.32. The number of anilines is 1. The van der Waals surface area contributed by atoms with Crippen LogP contribution in [-0.2, 0) is 26.2 Å². The second-order valence-corrected chi connectivity index (χ2v) is 11.6. The van der Waals surface area contributed by atoms with Crippen LogP contribution in [0.2, 0.25) is 0 Å². The van der Waals surface area contributed by atoms with Crippen LogP contribution in [0.1, 0.15) is 26.3 Å². The molecule has 12 heteroatoms. The smallest absolute Gasteiger partial charge is 0.269 e. The van der Waals surface area contributed by atoms with Crippen molar-refractivity contribution in [1.82, 2.24) is 10.2 Å². The second kappa shape index (κ2) is 13.8. The molecule has 0 radical (unpaired) electrons. The SMILES string of the molecule is COc1cccc(CN(C(=O)CN(c2ccc([N+](=O)[O-])cc2)S(=O)(=O)c2ccccc2)C(C)C(=O)NCC(C)C)c1. The van der Waals surface area contributed by atoms with Gasteiger partial charge in [-0.2, -0.15) is 0 Å². The quantitative estimate of drug-likeness (QED) is 0.237. The van der Waals surface area contributed by atoms with E-state index >= 15 is 0 Å². The first kappa shape index (κ1) is 31.1. The van der Waals surface area contributed by atoms with Crippen molar-refractivity contribution in [3.63, 3.8) is 0 Å². The molecule has 0 saturated heterocycles. The highest BCUT2D eigenvalue weighted by atomic mass is 32.2. The number of hydrogen-bond acceptors (Lipinski definition) is 7. The number of nitro benzene ring substituents is 1. The Labute approximate surface area is 239 Å². The fourth-order valence-electron chi connectivity index (χ4n) is 3.99. The monoisotopic (exact) mass is 582 g/mol. The van der Waals surface area contributed by atoms with Gasteiger partial charge in [-0.25, -0.2) is 8.42 Å². The van der Waals surface area contributed by atoms with Crippen molar-refractivity contribution < 1.29 is 27.7 Å². The predicted molar refractivity (Wildman–Crippen MR) is 155 cm³/mol. The molecule has 0 aromatic heterocycles. The fraction of sp³-hybridized carbons (Fsp3) is 0.310. The number of nitrogens with one attached hydrogen (secondary N) is 1. The van der Waals surface area contributed by atoms with Crippen LogP contribution in [0, 0.1) is 16.0 Å². The van der Waals surface area contributed by atoms with E-state index in [4.69, 9.17) is 4.74 Å². The zero-order valence-electron chi connectivity index (χ0n) is 23.4. The predicted octanol–water partition coefficient (Wildman–Crippen LogP) is 3.99. The van der Waals surface area contributed by atoms with Gasteiger partial charge in [-0.15, -0.1) is 0 Å². The van der Waals surface area contributed by atoms with Gasteiger partial charge in [0.25, 0.3) is 15.7 Å². The Balaban J connectivity index is 2.03. The molecule has 0 fully saturated rings. The van der Waals surface area contributed by atoms with Gasteiger partial charge in [-0.3, -0.25) is 24.0 Å². The van der Waals surface area contributed by atoms with Crippen molar-refractivity contribution in [1.29, 1.82) is 0 Å². The van der Waals surface area contributed by atoms with Crippen molar-refractivity contribution in [3.05, 3.63) is 94.5 Å². The van der Waals surface area contributed by atoms with E-state index in [1.807, 2.05) is 13.8 Å². The van der Waals surface area contributed by atoms with Crippen LogP contribution in [0.5, 0.6) is 5.75 Å². The molecule has 41 heavy (non-hydrogen) atoms. The van der Waals surface area contributed by atoms with Gasteiger partial charge >= 0.3 is 0 Å². The molecule has 0 aliphatic heterocycles. The first-order chi connectivity index (χ1) is 19.4. The first-order valence-electron chi connectivity index (χ1n) is 13.0. The molecule has 0 bridgehead atoms. The minimum Gasteiger partial charge on any atom is -0.497 e. The Bertz CT molecular complexity index is 1460. The van der Waals surface area contributed by atoms with Gasteiger partial charge in [0.15, 0.2) is 0 Å². The number of non-ortho nitro benzene ring substituents is 1. The molecular weight excluding hydrogens is 548 g/mol. The van der Waals surface area contributed by atoms with Crippen LogP contribution in [0.25, 0.3) is 0 Å². The van der Waals surface area contributed by atoms with Gasteiger partial charge in [0.2, 0.25) is 11.8 Å². The summed E-state index contributed by atoms with van der Waals surface area (Å²) in [5.41, 5.74) is 0.507. The van der Waals surface area contributed by atoms with Gasteiger partial charge in [0.05, 0.1) is 22.6 Å². The van der Waals surface area contributed by atoms with Crippen molar-refractivity contribution in [2.45, 2.75) is 38.3 Å². The summed E-state index contributed by atoms with van der Waals surface area (Å²) in [5.74, 6) is -0.283. The zero-order chi connectivity index (χ0) is 30.2. The summed E-state index contributed by atoms with van der Waals surface area (Å²) < 4.78 is 33.7. The number of ether oxygens (including phenoxy) is 1. The summed E-state index contributed by atoms with van der Waals surface area (Å²) in [6.45, 7) is 5.23. The third kappa shape index (κ3) is 8.04. The largest absolute Gasteiger partial charge is 0.497 e. The summed E-state index contributed by atoms with van der Waals surface area (Å²) >= 11 is 0. The highest BCUT2D eigenvalue weighted by Gasteiger charge is 2.32. The third-order valence-electron chi connectivity index (χ3n) is 6.30. The summed E-state index contributed by atoms with van der Waals surface area (Å²) in [6.07, 6.45) is 0. The molecule has 1 unspecified atom stereocenters. The molecule has 0 aliphatic rings. The number of nitro groups is 1. The third-order valence-corrected chi connectivity index (χ3v) is 8.09. The molecule has 218 valence electrons. The van der Waals surface area contributed by atoms with E-state index in [1.165, 1.54) is 48.4 Å². The molecule has 11 nitrogen and oxygen atoms in total. The topological polar surface area (TPSA) is 139 Å².